The molecule has 1 atom stereocenters. The highest BCUT2D eigenvalue weighted by Gasteiger charge is 2.09. The van der Waals surface area contributed by atoms with Crippen molar-refractivity contribution in [1.29, 1.82) is 0 Å². The summed E-state index contributed by atoms with van der Waals surface area (Å²) in [6, 6.07) is -0.820. The number of nitrogens with two attached hydrogens (primary N) is 3. The Hall–Kier alpha value is -1.01. The zero-order valence-corrected chi connectivity index (χ0v) is 7.96. The van der Waals surface area contributed by atoms with Crippen molar-refractivity contribution in [2.75, 3.05) is 6.54 Å². The van der Waals surface area contributed by atoms with E-state index in [1.165, 1.54) is 0 Å². The summed E-state index contributed by atoms with van der Waals surface area (Å²) < 4.78 is 0. The van der Waals surface area contributed by atoms with Gasteiger partial charge in [0.05, 0.1) is 0 Å². The van der Waals surface area contributed by atoms with E-state index in [1.54, 1.807) is 0 Å². The lowest BCUT2D eigenvalue weighted by atomic mass is 10.2. The van der Waals surface area contributed by atoms with Crippen LogP contribution in [-0.4, -0.2) is 29.6 Å². The molecule has 0 heterocycles. The molecule has 7 N–H and O–H groups in total. The number of halogens is 1. The summed E-state index contributed by atoms with van der Waals surface area (Å²) in [4.78, 5) is 13.9. The van der Waals surface area contributed by atoms with Crippen molar-refractivity contribution in [1.82, 2.24) is 0 Å². The van der Waals surface area contributed by atoms with E-state index in [0.29, 0.717) is 19.4 Å². The number of nitrogens with zero attached hydrogens (tertiary/aromatic N) is 1. The van der Waals surface area contributed by atoms with E-state index in [-0.39, 0.29) is 18.4 Å². The molecule has 0 unspecified atom stereocenters. The third-order valence-corrected chi connectivity index (χ3v) is 1.28. The van der Waals surface area contributed by atoms with Crippen molar-refractivity contribution in [2.24, 2.45) is 22.2 Å². The first-order valence-electron chi connectivity index (χ1n) is 3.58. The zero-order chi connectivity index (χ0) is 9.56. The van der Waals surface area contributed by atoms with Crippen molar-refractivity contribution in [3.05, 3.63) is 0 Å². The minimum atomic E-state index is -1.00. The summed E-state index contributed by atoms with van der Waals surface area (Å²) in [7, 11) is 0. The molecule has 0 aromatic heterocycles. The topological polar surface area (TPSA) is 128 Å². The van der Waals surface area contributed by atoms with Crippen LogP contribution in [0.4, 0.5) is 0 Å². The predicted octanol–water partition coefficient (Wildman–Crippen LogP) is -1.13. The second-order valence-electron chi connectivity index (χ2n) is 2.39. The molecule has 0 aliphatic carbocycles. The maximum absolute atomic E-state index is 10.2. The number of carbonyl (C=O) groups is 1. The molecule has 0 rings (SSSR count). The van der Waals surface area contributed by atoms with Crippen LogP contribution in [0.25, 0.3) is 0 Å². The van der Waals surface area contributed by atoms with Crippen molar-refractivity contribution in [2.45, 2.75) is 18.9 Å². The van der Waals surface area contributed by atoms with Gasteiger partial charge in [-0.25, -0.2) is 0 Å². The summed E-state index contributed by atoms with van der Waals surface area (Å²) in [5, 5.41) is 8.38. The van der Waals surface area contributed by atoms with E-state index in [1.807, 2.05) is 0 Å². The number of aliphatic carboxylic acids is 1. The highest BCUT2D eigenvalue weighted by Crippen LogP contribution is 1.94. The standard InChI is InChI=1S/C6H14N4O2.ClH/c7-4(5(11)12)2-1-3-10-6(8)9;/h4H,1-3,7H2,(H,11,12)(H4,8,9,10);1H/t4-;/m0./s1/i8+1,9+1;. The monoisotopic (exact) mass is 212 g/mol. The van der Waals surface area contributed by atoms with Crippen LogP contribution in [0.5, 0.6) is 0 Å². The van der Waals surface area contributed by atoms with Crippen LogP contribution in [0.15, 0.2) is 4.99 Å². The van der Waals surface area contributed by atoms with Crippen molar-refractivity contribution >= 4 is 24.3 Å². The predicted molar refractivity (Wildman–Crippen MR) is 52.8 cm³/mol. The molecule has 0 aromatic rings. The second kappa shape index (κ2) is 7.63. The van der Waals surface area contributed by atoms with E-state index in [4.69, 9.17) is 22.3 Å². The molecular weight excluding hydrogens is 198 g/mol. The van der Waals surface area contributed by atoms with Crippen molar-refractivity contribution < 1.29 is 9.90 Å². The summed E-state index contributed by atoms with van der Waals surface area (Å²) in [6.45, 7) is 0.420. The maximum atomic E-state index is 10.2. The number of guanidine groups is 1. The largest absolute Gasteiger partial charge is 0.480 e. The quantitative estimate of drug-likeness (QED) is 0.199. The van der Waals surface area contributed by atoms with Gasteiger partial charge in [-0.3, -0.25) is 9.79 Å². The Bertz CT molecular complexity index is 181. The lowest BCUT2D eigenvalue weighted by Gasteiger charge is -2.03. The number of carboxylic acids is 1. The molecule has 0 aliphatic heterocycles. The van der Waals surface area contributed by atoms with E-state index < -0.39 is 12.0 Å². The molecule has 0 fully saturated rings. The van der Waals surface area contributed by atoms with Gasteiger partial charge >= 0.3 is 5.97 Å². The van der Waals surface area contributed by atoms with Crippen LogP contribution < -0.4 is 17.2 Å². The van der Waals surface area contributed by atoms with Gasteiger partial charge in [0.15, 0.2) is 5.96 Å². The molecular formula is C6H15ClN4O2. The highest BCUT2D eigenvalue weighted by atomic mass is 35.5. The first-order chi connectivity index (χ1) is 5.54. The van der Waals surface area contributed by atoms with Gasteiger partial charge in [-0.05, 0) is 12.8 Å². The Kier molecular flexibility index (Phi) is 8.52. The van der Waals surface area contributed by atoms with Crippen molar-refractivity contribution in [3.63, 3.8) is 0 Å². The van der Waals surface area contributed by atoms with Crippen LogP contribution in [0.2, 0.25) is 0 Å². The first kappa shape index (κ1) is 14.5. The number of carboxylic acid groups (broad SMARTS) is 1. The second-order valence-corrected chi connectivity index (χ2v) is 2.39. The van der Waals surface area contributed by atoms with Gasteiger partial charge in [-0.1, -0.05) is 0 Å². The lowest BCUT2D eigenvalue weighted by molar-refractivity contribution is -0.138. The molecule has 0 amide bonds. The SMILES string of the molecule is Cl.N[C@@H](CCCN=C([15NH2])[15NH2])C(=O)O. The van der Waals surface area contributed by atoms with E-state index >= 15 is 0 Å². The molecule has 0 spiro atoms. The normalized spacial score (nSPS) is 11.2. The van der Waals surface area contributed by atoms with Crippen LogP contribution in [0.3, 0.4) is 0 Å². The van der Waals surface area contributed by atoms with Gasteiger partial charge in [0.25, 0.3) is 0 Å². The van der Waals surface area contributed by atoms with Gasteiger partial charge in [0.2, 0.25) is 0 Å². The van der Waals surface area contributed by atoms with Crippen LogP contribution in [0, 0.1) is 0 Å². The summed E-state index contributed by atoms with van der Waals surface area (Å²) in [5.41, 5.74) is 15.3. The Morgan fingerprint density at radius 1 is 1.46 bits per heavy atom. The molecule has 0 saturated heterocycles. The highest BCUT2D eigenvalue weighted by molar-refractivity contribution is 5.85. The third-order valence-electron chi connectivity index (χ3n) is 1.28. The van der Waals surface area contributed by atoms with Gasteiger partial charge < -0.3 is 22.3 Å². The molecule has 7 heteroatoms. The maximum Gasteiger partial charge on any atom is 0.320 e. The van der Waals surface area contributed by atoms with Gasteiger partial charge in [-0.2, -0.15) is 0 Å². The number of rotatable bonds is 5. The van der Waals surface area contributed by atoms with E-state index in [2.05, 4.69) is 4.99 Å². The lowest BCUT2D eigenvalue weighted by Crippen LogP contribution is -2.30. The Morgan fingerprint density at radius 3 is 2.38 bits per heavy atom. The fraction of sp³-hybridized carbons (Fsp3) is 0.667. The van der Waals surface area contributed by atoms with Gasteiger partial charge in [-0.15, -0.1) is 12.4 Å². The molecule has 0 radical (unpaired) electrons. The fourth-order valence-electron chi connectivity index (χ4n) is 0.643. The zero-order valence-electron chi connectivity index (χ0n) is 7.14. The van der Waals surface area contributed by atoms with Gasteiger partial charge in [0, 0.05) is 6.54 Å². The number of hydrogen-bond donors (Lipinski definition) is 4. The van der Waals surface area contributed by atoms with Crippen LogP contribution in [-0.2, 0) is 4.79 Å². The fourth-order valence-corrected chi connectivity index (χ4v) is 0.643. The number of aliphatic imine (C=N–C) groups is 1. The molecule has 13 heavy (non-hydrogen) atoms. The minimum absolute atomic E-state index is 0. The van der Waals surface area contributed by atoms with Crippen LogP contribution in [0.1, 0.15) is 12.8 Å². The molecule has 0 bridgehead atoms. The third kappa shape index (κ3) is 8.90. The van der Waals surface area contributed by atoms with Crippen LogP contribution >= 0.6 is 12.4 Å². The smallest absolute Gasteiger partial charge is 0.320 e. The molecule has 0 aliphatic rings. The van der Waals surface area contributed by atoms with E-state index in [9.17, 15) is 4.79 Å². The molecule has 0 saturated carbocycles. The number of hydrogen-bond acceptors (Lipinski definition) is 3. The average molecular weight is 213 g/mol. The molecule has 0 aromatic carbocycles. The average Bonchev–Trinajstić information content (AvgIpc) is 1.97. The molecule has 6 nitrogen and oxygen atoms in total. The summed E-state index contributed by atoms with van der Waals surface area (Å²) in [6.07, 6.45) is 0.956. The van der Waals surface area contributed by atoms with Crippen molar-refractivity contribution in [3.8, 4) is 0 Å². The Labute approximate surface area is 82.6 Å². The Morgan fingerprint density at radius 2 is 2.00 bits per heavy atom. The Balaban J connectivity index is 0. The first-order valence-corrected chi connectivity index (χ1v) is 3.58. The summed E-state index contributed by atoms with van der Waals surface area (Å²) >= 11 is 0. The molecule has 78 valence electrons. The van der Waals surface area contributed by atoms with E-state index in [0.717, 1.165) is 0 Å². The summed E-state index contributed by atoms with van der Waals surface area (Å²) in [5.74, 6) is -0.987. The van der Waals surface area contributed by atoms with Gasteiger partial charge in [0.1, 0.15) is 6.04 Å². The minimum Gasteiger partial charge on any atom is -0.480 e.